The van der Waals surface area contributed by atoms with Gasteiger partial charge in [0.1, 0.15) is 5.60 Å². The number of hydrogen-bond donors (Lipinski definition) is 1. The summed E-state index contributed by atoms with van der Waals surface area (Å²) in [7, 11) is 0. The zero-order valence-corrected chi connectivity index (χ0v) is 16.0. The minimum atomic E-state index is -1.76. The number of rotatable bonds is 6. The van der Waals surface area contributed by atoms with Crippen molar-refractivity contribution in [3.05, 3.63) is 71.8 Å². The Morgan fingerprint density at radius 3 is 1.93 bits per heavy atom. The molecule has 0 bridgehead atoms. The maximum Gasteiger partial charge on any atom is 0.434 e. The zero-order valence-electron chi connectivity index (χ0n) is 16.0. The van der Waals surface area contributed by atoms with Gasteiger partial charge < -0.3 is 9.84 Å². The van der Waals surface area contributed by atoms with E-state index in [9.17, 15) is 14.7 Å². The summed E-state index contributed by atoms with van der Waals surface area (Å²) in [4.78, 5) is 30.5. The summed E-state index contributed by atoms with van der Waals surface area (Å²) in [6.45, 7) is 6.66. The lowest BCUT2D eigenvalue weighted by atomic mass is 9.96. The van der Waals surface area contributed by atoms with Crippen molar-refractivity contribution < 1.29 is 24.3 Å². The average Bonchev–Trinajstić information content (AvgIpc) is 2.61. The second kappa shape index (κ2) is 8.22. The third-order valence-corrected chi connectivity index (χ3v) is 3.79. The maximum absolute atomic E-state index is 12.7. The molecule has 144 valence electrons. The molecule has 0 aliphatic heterocycles. The molecule has 0 saturated carbocycles. The van der Waals surface area contributed by atoms with E-state index in [4.69, 9.17) is 9.57 Å². The predicted octanol–water partition coefficient (Wildman–Crippen LogP) is 4.36. The van der Waals surface area contributed by atoms with E-state index in [0.29, 0.717) is 5.56 Å². The second-order valence-electron chi connectivity index (χ2n) is 7.30. The van der Waals surface area contributed by atoms with Crippen LogP contribution in [0, 0.1) is 0 Å². The molecule has 6 heteroatoms. The molecule has 0 saturated heterocycles. The largest absolute Gasteiger partial charge is 0.479 e. The van der Waals surface area contributed by atoms with Crippen LogP contribution in [0.4, 0.5) is 4.79 Å². The van der Waals surface area contributed by atoms with E-state index in [0.717, 1.165) is 10.6 Å². The Morgan fingerprint density at radius 1 is 0.926 bits per heavy atom. The van der Waals surface area contributed by atoms with Crippen LogP contribution in [-0.4, -0.2) is 27.8 Å². The van der Waals surface area contributed by atoms with Gasteiger partial charge in [-0.15, -0.1) is 0 Å². The number of aliphatic carboxylic acids is 1. The summed E-state index contributed by atoms with van der Waals surface area (Å²) in [5.41, 5.74) is -1.31. The van der Waals surface area contributed by atoms with Crippen LogP contribution in [0.3, 0.4) is 0 Å². The molecule has 0 fully saturated rings. The van der Waals surface area contributed by atoms with Gasteiger partial charge in [0.2, 0.25) is 5.60 Å². The number of hydroxylamine groups is 2. The Kier molecular flexibility index (Phi) is 6.23. The maximum atomic E-state index is 12.7. The lowest BCUT2D eigenvalue weighted by Gasteiger charge is -2.33. The first-order valence-corrected chi connectivity index (χ1v) is 8.64. The van der Waals surface area contributed by atoms with Crippen molar-refractivity contribution in [2.45, 2.75) is 45.4 Å². The van der Waals surface area contributed by atoms with Crippen molar-refractivity contribution in [1.29, 1.82) is 0 Å². The number of carboxylic acid groups (broad SMARTS) is 1. The number of ether oxygens (including phenoxy) is 1. The Labute approximate surface area is 159 Å². The molecule has 2 aromatic carbocycles. The first-order valence-electron chi connectivity index (χ1n) is 8.64. The highest BCUT2D eigenvalue weighted by atomic mass is 16.7. The van der Waals surface area contributed by atoms with E-state index in [1.807, 2.05) is 30.3 Å². The van der Waals surface area contributed by atoms with Crippen molar-refractivity contribution in [3.8, 4) is 0 Å². The molecular weight excluding hydrogens is 346 g/mol. The molecule has 2 rings (SSSR count). The average molecular weight is 371 g/mol. The van der Waals surface area contributed by atoms with Gasteiger partial charge in [-0.3, -0.25) is 0 Å². The van der Waals surface area contributed by atoms with Crippen LogP contribution >= 0.6 is 0 Å². The van der Waals surface area contributed by atoms with Crippen molar-refractivity contribution in [2.75, 3.05) is 0 Å². The summed E-state index contributed by atoms with van der Waals surface area (Å²) in [5.74, 6) is -1.21. The van der Waals surface area contributed by atoms with Crippen LogP contribution in [0.2, 0.25) is 0 Å². The highest BCUT2D eigenvalue weighted by Crippen LogP contribution is 2.28. The third kappa shape index (κ3) is 5.56. The van der Waals surface area contributed by atoms with Crippen LogP contribution in [0.5, 0.6) is 0 Å². The molecule has 6 nitrogen and oxygen atoms in total. The molecule has 27 heavy (non-hydrogen) atoms. The van der Waals surface area contributed by atoms with Crippen LogP contribution in [0.1, 0.15) is 38.8 Å². The molecule has 1 atom stereocenters. The Balaban J connectivity index is 2.36. The van der Waals surface area contributed by atoms with Gasteiger partial charge in [-0.1, -0.05) is 60.7 Å². The normalized spacial score (nSPS) is 13.5. The smallest absolute Gasteiger partial charge is 0.434 e. The minimum absolute atomic E-state index is 0.0471. The summed E-state index contributed by atoms with van der Waals surface area (Å²) in [6, 6.07) is 17.7. The number of benzene rings is 2. The van der Waals surface area contributed by atoms with Crippen molar-refractivity contribution in [3.63, 3.8) is 0 Å². The monoisotopic (exact) mass is 371 g/mol. The Morgan fingerprint density at radius 2 is 1.44 bits per heavy atom. The lowest BCUT2D eigenvalue weighted by molar-refractivity contribution is -0.239. The summed E-state index contributed by atoms with van der Waals surface area (Å²) < 4.78 is 5.40. The number of nitrogens with zero attached hydrogens (tertiary/aromatic N) is 1. The molecule has 0 aliphatic rings. The van der Waals surface area contributed by atoms with Gasteiger partial charge in [-0.05, 0) is 38.8 Å². The second-order valence-corrected chi connectivity index (χ2v) is 7.30. The predicted molar refractivity (Wildman–Crippen MR) is 101 cm³/mol. The molecule has 2 aromatic rings. The molecule has 0 radical (unpaired) electrons. The molecule has 0 aliphatic carbocycles. The fourth-order valence-electron chi connectivity index (χ4n) is 2.39. The number of carboxylic acids is 1. The van der Waals surface area contributed by atoms with Crippen molar-refractivity contribution in [2.24, 2.45) is 0 Å². The third-order valence-electron chi connectivity index (χ3n) is 3.79. The van der Waals surface area contributed by atoms with Gasteiger partial charge in [0.15, 0.2) is 0 Å². The van der Waals surface area contributed by atoms with E-state index in [1.54, 1.807) is 51.1 Å². The molecular formula is C21H25NO5. The molecule has 1 N–H and O–H groups in total. The quantitative estimate of drug-likeness (QED) is 0.764. The number of hydrogen-bond acceptors (Lipinski definition) is 4. The summed E-state index contributed by atoms with van der Waals surface area (Å²) >= 11 is 0. The Bertz CT molecular complexity index is 770. The zero-order chi connectivity index (χ0) is 20.1. The highest BCUT2D eigenvalue weighted by Gasteiger charge is 2.41. The highest BCUT2D eigenvalue weighted by molar-refractivity contribution is 5.79. The van der Waals surface area contributed by atoms with E-state index in [1.165, 1.54) is 6.92 Å². The lowest BCUT2D eigenvalue weighted by Crippen LogP contribution is -2.46. The fourth-order valence-corrected chi connectivity index (χ4v) is 2.39. The number of carbonyl (C=O) groups excluding carboxylic acids is 1. The molecule has 0 heterocycles. The molecule has 1 unspecified atom stereocenters. The van der Waals surface area contributed by atoms with Crippen LogP contribution in [-0.2, 0) is 26.5 Å². The van der Waals surface area contributed by atoms with Gasteiger partial charge in [0, 0.05) is 0 Å². The van der Waals surface area contributed by atoms with Gasteiger partial charge in [-0.2, -0.15) is 5.06 Å². The van der Waals surface area contributed by atoms with Crippen molar-refractivity contribution in [1.82, 2.24) is 5.06 Å². The van der Waals surface area contributed by atoms with Crippen molar-refractivity contribution >= 4 is 12.1 Å². The van der Waals surface area contributed by atoms with Crippen LogP contribution in [0.25, 0.3) is 0 Å². The summed E-state index contributed by atoms with van der Waals surface area (Å²) in [6.07, 6.45) is -0.755. The van der Waals surface area contributed by atoms with Crippen LogP contribution in [0.15, 0.2) is 60.7 Å². The topological polar surface area (TPSA) is 76.1 Å². The SMILES string of the molecule is CC(C)(C)OC(=O)N(Cc1ccccc1)OC(C)(C(=O)O)c1ccccc1. The van der Waals surface area contributed by atoms with Crippen LogP contribution < -0.4 is 0 Å². The van der Waals surface area contributed by atoms with Gasteiger partial charge in [-0.25, -0.2) is 14.4 Å². The Hall–Kier alpha value is -2.86. The van der Waals surface area contributed by atoms with E-state index in [2.05, 4.69) is 0 Å². The first kappa shape index (κ1) is 20.5. The minimum Gasteiger partial charge on any atom is -0.479 e. The van der Waals surface area contributed by atoms with Gasteiger partial charge >= 0.3 is 12.1 Å². The number of carbonyl (C=O) groups is 2. The molecule has 0 spiro atoms. The van der Waals surface area contributed by atoms with E-state index >= 15 is 0 Å². The molecule has 0 aromatic heterocycles. The number of amides is 1. The first-order chi connectivity index (χ1) is 12.6. The van der Waals surface area contributed by atoms with Gasteiger partial charge in [0.05, 0.1) is 6.54 Å². The van der Waals surface area contributed by atoms with E-state index < -0.39 is 23.3 Å². The fraction of sp³-hybridized carbons (Fsp3) is 0.333. The molecule has 1 amide bonds. The standard InChI is InChI=1S/C21H25NO5/c1-20(2,3)26-19(25)22(15-16-11-7-5-8-12-16)27-21(4,18(23)24)17-13-9-6-10-14-17/h5-14H,15H2,1-4H3,(H,23,24). The summed E-state index contributed by atoms with van der Waals surface area (Å²) in [5, 5.41) is 10.8. The van der Waals surface area contributed by atoms with E-state index in [-0.39, 0.29) is 6.54 Å². The van der Waals surface area contributed by atoms with Gasteiger partial charge in [0.25, 0.3) is 0 Å².